The van der Waals surface area contributed by atoms with Crippen LogP contribution < -0.4 is 4.74 Å². The van der Waals surface area contributed by atoms with Crippen LogP contribution in [-0.4, -0.2) is 46.2 Å². The average molecular weight is 349 g/mol. The molecule has 2 aromatic rings. The molecule has 2 heterocycles. The summed E-state index contributed by atoms with van der Waals surface area (Å²) < 4.78 is 5.14. The highest BCUT2D eigenvalue weighted by atomic mass is 35.5. The van der Waals surface area contributed by atoms with Crippen LogP contribution in [0.4, 0.5) is 0 Å². The maximum atomic E-state index is 12.5. The van der Waals surface area contributed by atoms with Gasteiger partial charge in [0.15, 0.2) is 5.82 Å². The molecule has 0 radical (unpaired) electrons. The first-order valence-corrected chi connectivity index (χ1v) is 8.43. The molecular weight excluding hydrogens is 328 g/mol. The second kappa shape index (κ2) is 7.21. The van der Waals surface area contributed by atoms with Crippen LogP contribution >= 0.6 is 11.6 Å². The van der Waals surface area contributed by atoms with E-state index < -0.39 is 0 Å². The predicted molar refractivity (Wildman–Crippen MR) is 91.4 cm³/mol. The van der Waals surface area contributed by atoms with Crippen molar-refractivity contribution in [2.24, 2.45) is 0 Å². The number of likely N-dealkylation sites (tertiary alicyclic amines) is 1. The van der Waals surface area contributed by atoms with Gasteiger partial charge in [0.2, 0.25) is 5.91 Å². The van der Waals surface area contributed by atoms with E-state index in [-0.39, 0.29) is 5.91 Å². The number of aromatic amines is 1. The van der Waals surface area contributed by atoms with Gasteiger partial charge in [-0.05, 0) is 37.5 Å². The van der Waals surface area contributed by atoms with Crippen LogP contribution in [0.15, 0.2) is 18.2 Å². The lowest BCUT2D eigenvalue weighted by atomic mass is 9.95. The van der Waals surface area contributed by atoms with Crippen molar-refractivity contribution in [3.63, 3.8) is 0 Å². The van der Waals surface area contributed by atoms with Gasteiger partial charge in [-0.15, -0.1) is 0 Å². The summed E-state index contributed by atoms with van der Waals surface area (Å²) >= 11 is 6.12. The molecule has 0 bridgehead atoms. The maximum absolute atomic E-state index is 12.5. The standard InChI is InChI=1S/C17H21ClN4O2/c1-11-19-17(21-20-11)13-5-7-22(8-6-13)16(23)10-12-3-4-15(24-2)14(18)9-12/h3-4,9,13H,5-8,10H2,1-2H3,(H,19,20,21). The van der Waals surface area contributed by atoms with Crippen molar-refractivity contribution in [2.45, 2.75) is 32.1 Å². The number of nitrogens with one attached hydrogen (secondary N) is 1. The Hall–Kier alpha value is -2.08. The third kappa shape index (κ3) is 3.70. The number of H-pyrrole nitrogens is 1. The molecule has 1 amide bonds. The number of hydrogen-bond donors (Lipinski definition) is 1. The molecule has 128 valence electrons. The van der Waals surface area contributed by atoms with E-state index in [0.29, 0.717) is 23.1 Å². The van der Waals surface area contributed by atoms with Gasteiger partial charge in [0.25, 0.3) is 0 Å². The lowest BCUT2D eigenvalue weighted by molar-refractivity contribution is -0.131. The molecule has 0 saturated carbocycles. The van der Waals surface area contributed by atoms with Crippen molar-refractivity contribution in [3.8, 4) is 5.75 Å². The summed E-state index contributed by atoms with van der Waals surface area (Å²) in [5, 5.41) is 7.65. The lowest BCUT2D eigenvalue weighted by Gasteiger charge is -2.31. The zero-order chi connectivity index (χ0) is 17.1. The summed E-state index contributed by atoms with van der Waals surface area (Å²) in [6, 6.07) is 5.47. The molecule has 0 spiro atoms. The summed E-state index contributed by atoms with van der Waals surface area (Å²) in [6.45, 7) is 3.37. The lowest BCUT2D eigenvalue weighted by Crippen LogP contribution is -2.39. The SMILES string of the molecule is COc1ccc(CC(=O)N2CCC(c3n[nH]c(C)n3)CC2)cc1Cl. The third-order valence-corrected chi connectivity index (χ3v) is 4.69. The fourth-order valence-corrected chi connectivity index (χ4v) is 3.32. The van der Waals surface area contributed by atoms with Crippen LogP contribution in [0.3, 0.4) is 0 Å². The molecule has 1 aliphatic heterocycles. The zero-order valence-corrected chi connectivity index (χ0v) is 14.6. The summed E-state index contributed by atoms with van der Waals surface area (Å²) in [6.07, 6.45) is 2.15. The number of rotatable bonds is 4. The number of benzene rings is 1. The summed E-state index contributed by atoms with van der Waals surface area (Å²) in [5.41, 5.74) is 0.900. The monoisotopic (exact) mass is 348 g/mol. The molecule has 0 aliphatic carbocycles. The van der Waals surface area contributed by atoms with Gasteiger partial charge in [0, 0.05) is 19.0 Å². The number of hydrogen-bond acceptors (Lipinski definition) is 4. The van der Waals surface area contributed by atoms with E-state index in [9.17, 15) is 4.79 Å². The highest BCUT2D eigenvalue weighted by Crippen LogP contribution is 2.27. The maximum Gasteiger partial charge on any atom is 0.226 e. The first-order valence-electron chi connectivity index (χ1n) is 8.06. The van der Waals surface area contributed by atoms with Crippen molar-refractivity contribution >= 4 is 17.5 Å². The first kappa shape index (κ1) is 16.8. The number of carbonyl (C=O) groups excluding carboxylic acids is 1. The number of carbonyl (C=O) groups is 1. The van der Waals surface area contributed by atoms with Crippen LogP contribution in [0.5, 0.6) is 5.75 Å². The van der Waals surface area contributed by atoms with E-state index in [1.165, 1.54) is 0 Å². The predicted octanol–water partition coefficient (Wildman–Crippen LogP) is 2.72. The van der Waals surface area contributed by atoms with Gasteiger partial charge in [-0.1, -0.05) is 17.7 Å². The van der Waals surface area contributed by atoms with Crippen LogP contribution in [0.25, 0.3) is 0 Å². The van der Waals surface area contributed by atoms with Gasteiger partial charge in [-0.25, -0.2) is 4.98 Å². The summed E-state index contributed by atoms with van der Waals surface area (Å²) in [5.74, 6) is 2.77. The van der Waals surface area contributed by atoms with E-state index in [1.54, 1.807) is 19.2 Å². The Morgan fingerprint density at radius 1 is 1.42 bits per heavy atom. The van der Waals surface area contributed by atoms with Crippen molar-refractivity contribution in [3.05, 3.63) is 40.4 Å². The zero-order valence-electron chi connectivity index (χ0n) is 13.9. The molecule has 1 saturated heterocycles. The molecule has 7 heteroatoms. The Morgan fingerprint density at radius 2 is 2.17 bits per heavy atom. The largest absolute Gasteiger partial charge is 0.495 e. The number of piperidine rings is 1. The Bertz CT molecular complexity index is 723. The highest BCUT2D eigenvalue weighted by molar-refractivity contribution is 6.32. The molecular formula is C17H21ClN4O2. The average Bonchev–Trinajstić information content (AvgIpc) is 3.02. The van der Waals surface area contributed by atoms with Crippen molar-refractivity contribution < 1.29 is 9.53 Å². The minimum Gasteiger partial charge on any atom is -0.495 e. The molecule has 6 nitrogen and oxygen atoms in total. The Kier molecular flexibility index (Phi) is 5.04. The molecule has 0 unspecified atom stereocenters. The molecule has 1 aromatic heterocycles. The van der Waals surface area contributed by atoms with Crippen LogP contribution in [-0.2, 0) is 11.2 Å². The first-order chi connectivity index (χ1) is 11.6. The number of aromatic nitrogens is 3. The van der Waals surface area contributed by atoms with Crippen molar-refractivity contribution in [1.82, 2.24) is 20.1 Å². The topological polar surface area (TPSA) is 71.1 Å². The van der Waals surface area contributed by atoms with Crippen molar-refractivity contribution in [2.75, 3.05) is 20.2 Å². The molecule has 1 aromatic carbocycles. The van der Waals surface area contributed by atoms with Gasteiger partial charge in [0.1, 0.15) is 11.6 Å². The van der Waals surface area contributed by atoms with Gasteiger partial charge < -0.3 is 9.64 Å². The molecule has 0 atom stereocenters. The second-order valence-corrected chi connectivity index (χ2v) is 6.49. The number of methoxy groups -OCH3 is 1. The smallest absolute Gasteiger partial charge is 0.226 e. The molecule has 1 fully saturated rings. The van der Waals surface area contributed by atoms with E-state index in [4.69, 9.17) is 16.3 Å². The normalized spacial score (nSPS) is 15.5. The second-order valence-electron chi connectivity index (χ2n) is 6.08. The van der Waals surface area contributed by atoms with Gasteiger partial charge in [-0.2, -0.15) is 5.10 Å². The van der Waals surface area contributed by atoms with E-state index in [1.807, 2.05) is 17.9 Å². The van der Waals surface area contributed by atoms with Crippen molar-refractivity contribution in [1.29, 1.82) is 0 Å². The van der Waals surface area contributed by atoms with E-state index >= 15 is 0 Å². The Labute approximate surface area is 146 Å². The molecule has 3 rings (SSSR count). The number of ether oxygens (including phenoxy) is 1. The van der Waals surface area contributed by atoms with Crippen LogP contribution in [0, 0.1) is 6.92 Å². The fraction of sp³-hybridized carbons (Fsp3) is 0.471. The fourth-order valence-electron chi connectivity index (χ4n) is 3.04. The van der Waals surface area contributed by atoms with Gasteiger partial charge in [-0.3, -0.25) is 9.89 Å². The number of halogens is 1. The van der Waals surface area contributed by atoms with E-state index in [0.717, 1.165) is 43.1 Å². The highest BCUT2D eigenvalue weighted by Gasteiger charge is 2.26. The van der Waals surface area contributed by atoms with Crippen LogP contribution in [0.1, 0.15) is 36.0 Å². The minimum atomic E-state index is 0.126. The van der Waals surface area contributed by atoms with E-state index in [2.05, 4.69) is 15.2 Å². The summed E-state index contributed by atoms with van der Waals surface area (Å²) in [7, 11) is 1.58. The quantitative estimate of drug-likeness (QED) is 0.922. The number of amides is 1. The van der Waals surface area contributed by atoms with Gasteiger partial charge >= 0.3 is 0 Å². The Balaban J connectivity index is 1.56. The molecule has 24 heavy (non-hydrogen) atoms. The molecule has 1 aliphatic rings. The number of aryl methyl sites for hydroxylation is 1. The Morgan fingerprint density at radius 3 is 2.75 bits per heavy atom. The third-order valence-electron chi connectivity index (χ3n) is 4.40. The number of nitrogens with zero attached hydrogens (tertiary/aromatic N) is 3. The van der Waals surface area contributed by atoms with Crippen LogP contribution in [0.2, 0.25) is 5.02 Å². The van der Waals surface area contributed by atoms with Gasteiger partial charge in [0.05, 0.1) is 18.6 Å². The summed E-state index contributed by atoms with van der Waals surface area (Å²) in [4.78, 5) is 18.8. The minimum absolute atomic E-state index is 0.126. The molecule has 1 N–H and O–H groups in total.